The maximum Gasteiger partial charge on any atom is 0.308 e. The molecule has 3 rings (SSSR count). The summed E-state index contributed by atoms with van der Waals surface area (Å²) in [6.45, 7) is 0. The van der Waals surface area contributed by atoms with Gasteiger partial charge in [-0.2, -0.15) is 0 Å². The topological polar surface area (TPSA) is 92.2 Å². The predicted molar refractivity (Wildman–Crippen MR) is 89.6 cm³/mol. The molecule has 2 N–H and O–H groups in total. The highest BCUT2D eigenvalue weighted by Crippen LogP contribution is 2.23. The molecule has 2 unspecified atom stereocenters. The van der Waals surface area contributed by atoms with Crippen molar-refractivity contribution >= 4 is 22.9 Å². The van der Waals surface area contributed by atoms with Crippen molar-refractivity contribution < 1.29 is 14.7 Å². The number of benzene rings is 1. The van der Waals surface area contributed by atoms with E-state index in [9.17, 15) is 14.7 Å². The minimum absolute atomic E-state index is 0.222. The number of aliphatic carboxylic acids is 1. The lowest BCUT2D eigenvalue weighted by atomic mass is 9.86. The first kappa shape index (κ1) is 16.4. The summed E-state index contributed by atoms with van der Waals surface area (Å²) < 4.78 is 0. The van der Waals surface area contributed by atoms with Gasteiger partial charge in [0.1, 0.15) is 5.69 Å². The minimum Gasteiger partial charge on any atom is -0.481 e. The molecule has 0 aliphatic heterocycles. The van der Waals surface area contributed by atoms with Gasteiger partial charge in [-0.05, 0) is 25.0 Å². The van der Waals surface area contributed by atoms with Gasteiger partial charge in [-0.1, -0.05) is 37.8 Å². The number of carboxylic acids is 1. The molecule has 1 aliphatic rings. The van der Waals surface area contributed by atoms with Gasteiger partial charge in [-0.15, -0.1) is 0 Å². The summed E-state index contributed by atoms with van der Waals surface area (Å²) in [6.07, 6.45) is 6.68. The van der Waals surface area contributed by atoms with Crippen LogP contribution in [0.2, 0.25) is 0 Å². The van der Waals surface area contributed by atoms with E-state index in [1.54, 1.807) is 6.07 Å². The third-order valence-corrected chi connectivity index (χ3v) is 4.58. The van der Waals surface area contributed by atoms with Crippen LogP contribution in [0.4, 0.5) is 0 Å². The zero-order chi connectivity index (χ0) is 16.9. The van der Waals surface area contributed by atoms with Gasteiger partial charge in [0.25, 0.3) is 5.91 Å². The fraction of sp³-hybridized carbons (Fsp3) is 0.444. The molecule has 2 atom stereocenters. The van der Waals surface area contributed by atoms with E-state index in [2.05, 4.69) is 15.3 Å². The smallest absolute Gasteiger partial charge is 0.308 e. The quantitative estimate of drug-likeness (QED) is 0.904. The van der Waals surface area contributed by atoms with Crippen LogP contribution in [0.25, 0.3) is 11.0 Å². The second-order valence-electron chi connectivity index (χ2n) is 6.26. The first-order valence-corrected chi connectivity index (χ1v) is 8.40. The molecule has 24 heavy (non-hydrogen) atoms. The van der Waals surface area contributed by atoms with Crippen molar-refractivity contribution in [1.82, 2.24) is 15.3 Å². The molecule has 1 saturated carbocycles. The third kappa shape index (κ3) is 3.69. The number of aromatic nitrogens is 2. The summed E-state index contributed by atoms with van der Waals surface area (Å²) in [6, 6.07) is 6.98. The monoisotopic (exact) mass is 327 g/mol. The number of hydrogen-bond acceptors (Lipinski definition) is 4. The van der Waals surface area contributed by atoms with Gasteiger partial charge in [0.05, 0.1) is 23.1 Å². The van der Waals surface area contributed by atoms with Crippen molar-refractivity contribution in [3.8, 4) is 0 Å². The van der Waals surface area contributed by atoms with E-state index in [0.29, 0.717) is 18.4 Å². The van der Waals surface area contributed by atoms with Crippen LogP contribution in [0.3, 0.4) is 0 Å². The molecule has 1 aromatic carbocycles. The van der Waals surface area contributed by atoms with E-state index < -0.39 is 11.9 Å². The number of hydrogen-bond donors (Lipinski definition) is 2. The van der Waals surface area contributed by atoms with E-state index in [-0.39, 0.29) is 17.6 Å². The number of nitrogens with one attached hydrogen (secondary N) is 1. The van der Waals surface area contributed by atoms with Gasteiger partial charge in [-0.25, -0.2) is 4.98 Å². The van der Waals surface area contributed by atoms with Gasteiger partial charge in [0.2, 0.25) is 0 Å². The second kappa shape index (κ2) is 7.38. The normalized spacial score (nSPS) is 21.7. The summed E-state index contributed by atoms with van der Waals surface area (Å²) in [4.78, 5) is 32.6. The zero-order valence-electron chi connectivity index (χ0n) is 13.4. The average molecular weight is 327 g/mol. The van der Waals surface area contributed by atoms with Crippen LogP contribution in [0.5, 0.6) is 0 Å². The number of amides is 1. The van der Waals surface area contributed by atoms with Crippen molar-refractivity contribution in [2.75, 3.05) is 0 Å². The molecule has 0 saturated heterocycles. The van der Waals surface area contributed by atoms with Crippen molar-refractivity contribution in [3.63, 3.8) is 0 Å². The Labute approximate surface area is 140 Å². The largest absolute Gasteiger partial charge is 0.481 e. The SMILES string of the molecule is O=C(NC1CCCCCCC1C(=O)O)c1cnc2ccccc2n1. The molecule has 1 aromatic heterocycles. The van der Waals surface area contributed by atoms with Crippen LogP contribution in [-0.4, -0.2) is 33.0 Å². The average Bonchev–Trinajstić information content (AvgIpc) is 2.56. The Morgan fingerprint density at radius 2 is 1.75 bits per heavy atom. The van der Waals surface area contributed by atoms with Crippen LogP contribution < -0.4 is 5.32 Å². The Bertz CT molecular complexity index is 747. The molecule has 0 radical (unpaired) electrons. The van der Waals surface area contributed by atoms with E-state index in [1.165, 1.54) is 6.20 Å². The number of rotatable bonds is 3. The number of carbonyl (C=O) groups excluding carboxylic acids is 1. The predicted octanol–water partition coefficient (Wildman–Crippen LogP) is 2.78. The molecule has 0 spiro atoms. The lowest BCUT2D eigenvalue weighted by molar-refractivity contribution is -0.143. The Morgan fingerprint density at radius 3 is 2.50 bits per heavy atom. The van der Waals surface area contributed by atoms with E-state index >= 15 is 0 Å². The Morgan fingerprint density at radius 1 is 1.04 bits per heavy atom. The lowest BCUT2D eigenvalue weighted by Crippen LogP contribution is -2.44. The van der Waals surface area contributed by atoms with Crippen LogP contribution in [-0.2, 0) is 4.79 Å². The lowest BCUT2D eigenvalue weighted by Gasteiger charge is -2.27. The minimum atomic E-state index is -0.841. The second-order valence-corrected chi connectivity index (χ2v) is 6.26. The van der Waals surface area contributed by atoms with Gasteiger partial charge in [0, 0.05) is 6.04 Å². The Kier molecular flexibility index (Phi) is 5.03. The molecule has 1 fully saturated rings. The standard InChI is InChI=1S/C18H21N3O3/c22-17(16-11-19-14-9-5-6-10-15(14)20-16)21-13-8-4-2-1-3-7-12(13)18(23)24/h5-6,9-13H,1-4,7-8H2,(H,21,22)(H,23,24). The van der Waals surface area contributed by atoms with Gasteiger partial charge >= 0.3 is 5.97 Å². The fourth-order valence-electron chi connectivity index (χ4n) is 3.26. The van der Waals surface area contributed by atoms with E-state index in [0.717, 1.165) is 31.2 Å². The third-order valence-electron chi connectivity index (χ3n) is 4.58. The number of carbonyl (C=O) groups is 2. The molecule has 1 aliphatic carbocycles. The van der Waals surface area contributed by atoms with Crippen molar-refractivity contribution in [3.05, 3.63) is 36.2 Å². The van der Waals surface area contributed by atoms with Crippen LogP contribution in [0.15, 0.2) is 30.5 Å². The van der Waals surface area contributed by atoms with Crippen LogP contribution in [0.1, 0.15) is 49.0 Å². The van der Waals surface area contributed by atoms with Gasteiger partial charge < -0.3 is 10.4 Å². The highest BCUT2D eigenvalue weighted by atomic mass is 16.4. The van der Waals surface area contributed by atoms with Crippen LogP contribution in [0, 0.1) is 5.92 Å². The summed E-state index contributed by atoms with van der Waals surface area (Å²) in [5, 5.41) is 12.3. The molecular weight excluding hydrogens is 306 g/mol. The van der Waals surface area contributed by atoms with Crippen LogP contribution >= 0.6 is 0 Å². The van der Waals surface area contributed by atoms with E-state index in [1.807, 2.05) is 18.2 Å². The van der Waals surface area contributed by atoms with Crippen molar-refractivity contribution in [1.29, 1.82) is 0 Å². The maximum atomic E-state index is 12.5. The first-order chi connectivity index (χ1) is 11.6. The molecule has 126 valence electrons. The van der Waals surface area contributed by atoms with Gasteiger partial charge in [0.15, 0.2) is 0 Å². The van der Waals surface area contributed by atoms with Crippen molar-refractivity contribution in [2.45, 2.75) is 44.6 Å². The fourth-order valence-corrected chi connectivity index (χ4v) is 3.26. The molecule has 6 heteroatoms. The molecule has 6 nitrogen and oxygen atoms in total. The summed E-state index contributed by atoms with van der Waals surface area (Å²) in [7, 11) is 0. The highest BCUT2D eigenvalue weighted by molar-refractivity contribution is 5.94. The zero-order valence-corrected chi connectivity index (χ0v) is 13.4. The number of carboxylic acid groups (broad SMARTS) is 1. The first-order valence-electron chi connectivity index (χ1n) is 8.40. The Balaban J connectivity index is 1.78. The van der Waals surface area contributed by atoms with Gasteiger partial charge in [-0.3, -0.25) is 14.6 Å². The number of nitrogens with zero attached hydrogens (tertiary/aromatic N) is 2. The van der Waals surface area contributed by atoms with E-state index in [4.69, 9.17) is 0 Å². The molecule has 1 amide bonds. The van der Waals surface area contributed by atoms with Crippen molar-refractivity contribution in [2.24, 2.45) is 5.92 Å². The summed E-state index contributed by atoms with van der Waals surface area (Å²) in [5.41, 5.74) is 1.60. The molecular formula is C18H21N3O3. The number of para-hydroxylation sites is 2. The maximum absolute atomic E-state index is 12.5. The highest BCUT2D eigenvalue weighted by Gasteiger charge is 2.30. The molecule has 0 bridgehead atoms. The summed E-state index contributed by atoms with van der Waals surface area (Å²) >= 11 is 0. The summed E-state index contributed by atoms with van der Waals surface area (Å²) in [5.74, 6) is -1.74. The Hall–Kier alpha value is -2.50. The number of fused-ring (bicyclic) bond motifs is 1. The molecule has 2 aromatic rings. The molecule has 1 heterocycles.